The maximum Gasteiger partial charge on any atom is 0.252 e. The Kier molecular flexibility index (Phi) is 6.48. The number of nitrogens with one attached hydrogen (secondary N) is 1. The van der Waals surface area contributed by atoms with Crippen molar-refractivity contribution in [3.63, 3.8) is 0 Å². The Morgan fingerprint density at radius 2 is 2.13 bits per heavy atom. The minimum atomic E-state index is -0.130. The Hall–Kier alpha value is -2.97. The summed E-state index contributed by atoms with van der Waals surface area (Å²) >= 11 is 1.68. The van der Waals surface area contributed by atoms with Crippen LogP contribution >= 0.6 is 11.3 Å². The number of hydrogen-bond acceptors (Lipinski definition) is 6. The summed E-state index contributed by atoms with van der Waals surface area (Å²) in [6, 6.07) is 9.74. The Bertz CT molecular complexity index is 1130. The van der Waals surface area contributed by atoms with Crippen LogP contribution in [0.15, 0.2) is 52.6 Å². The van der Waals surface area contributed by atoms with Crippen LogP contribution in [0, 0.1) is 6.92 Å². The van der Waals surface area contributed by atoms with Gasteiger partial charge in [-0.15, -0.1) is 11.3 Å². The molecule has 1 atom stereocenters. The van der Waals surface area contributed by atoms with E-state index < -0.39 is 0 Å². The third-order valence-electron chi connectivity index (χ3n) is 5.45. The van der Waals surface area contributed by atoms with Gasteiger partial charge >= 0.3 is 0 Å². The molecule has 0 saturated carbocycles. The Balaban J connectivity index is 1.58. The fraction of sp³-hybridized carbons (Fsp3) is 0.348. The third-order valence-corrected chi connectivity index (χ3v) is 6.31. The van der Waals surface area contributed by atoms with Gasteiger partial charge in [-0.3, -0.25) is 9.69 Å². The van der Waals surface area contributed by atoms with E-state index in [2.05, 4.69) is 40.2 Å². The third kappa shape index (κ3) is 4.55. The molecule has 0 bridgehead atoms. The van der Waals surface area contributed by atoms with Gasteiger partial charge in [0, 0.05) is 17.1 Å². The zero-order valence-electron chi connectivity index (χ0n) is 18.0. The van der Waals surface area contributed by atoms with Crippen molar-refractivity contribution in [2.75, 3.05) is 19.6 Å². The van der Waals surface area contributed by atoms with Crippen LogP contribution in [-0.4, -0.2) is 45.2 Å². The topological polar surface area (TPSA) is 76.2 Å². The first-order valence-electron chi connectivity index (χ1n) is 10.5. The number of carbonyl (C=O) groups excluding carboxylic acids is 1. The minimum Gasteiger partial charge on any atom is -0.468 e. The van der Waals surface area contributed by atoms with Gasteiger partial charge in [-0.25, -0.2) is 9.67 Å². The molecule has 4 aromatic heterocycles. The molecule has 8 heteroatoms. The second-order valence-corrected chi connectivity index (χ2v) is 8.42. The lowest BCUT2D eigenvalue weighted by molar-refractivity contribution is 0.0931. The molecule has 4 rings (SSSR count). The van der Waals surface area contributed by atoms with Crippen molar-refractivity contribution < 1.29 is 9.21 Å². The first kappa shape index (κ1) is 21.3. The van der Waals surface area contributed by atoms with E-state index in [1.54, 1.807) is 23.8 Å². The first-order chi connectivity index (χ1) is 15.1. The van der Waals surface area contributed by atoms with Crippen molar-refractivity contribution in [1.29, 1.82) is 0 Å². The predicted octanol–water partition coefficient (Wildman–Crippen LogP) is 4.26. The van der Waals surface area contributed by atoms with Gasteiger partial charge in [-0.05, 0) is 49.7 Å². The van der Waals surface area contributed by atoms with Crippen molar-refractivity contribution in [2.24, 2.45) is 0 Å². The predicted molar refractivity (Wildman–Crippen MR) is 122 cm³/mol. The summed E-state index contributed by atoms with van der Waals surface area (Å²) in [5, 5.41) is 10.4. The van der Waals surface area contributed by atoms with Gasteiger partial charge in [0.2, 0.25) is 0 Å². The average molecular weight is 438 g/mol. The van der Waals surface area contributed by atoms with E-state index in [-0.39, 0.29) is 11.9 Å². The number of pyridine rings is 1. The Morgan fingerprint density at radius 3 is 2.81 bits per heavy atom. The number of carbonyl (C=O) groups is 1. The smallest absolute Gasteiger partial charge is 0.252 e. The van der Waals surface area contributed by atoms with E-state index in [4.69, 9.17) is 4.42 Å². The van der Waals surface area contributed by atoms with Gasteiger partial charge in [0.05, 0.1) is 36.0 Å². The zero-order valence-corrected chi connectivity index (χ0v) is 18.9. The van der Waals surface area contributed by atoms with Crippen molar-refractivity contribution in [3.8, 4) is 0 Å². The zero-order chi connectivity index (χ0) is 21.8. The Labute approximate surface area is 185 Å². The number of rotatable bonds is 9. The van der Waals surface area contributed by atoms with E-state index in [0.29, 0.717) is 18.7 Å². The highest BCUT2D eigenvalue weighted by atomic mass is 32.1. The van der Waals surface area contributed by atoms with E-state index in [1.165, 1.54) is 4.88 Å². The number of thiophene rings is 1. The number of likely N-dealkylation sites (N-methyl/N-ethyl adjacent to an activating group) is 1. The van der Waals surface area contributed by atoms with Crippen molar-refractivity contribution >= 4 is 28.3 Å². The van der Waals surface area contributed by atoms with Crippen LogP contribution < -0.4 is 5.32 Å². The summed E-state index contributed by atoms with van der Waals surface area (Å²) in [5.41, 5.74) is 2.11. The number of aryl methyl sites for hydroxylation is 1. The summed E-state index contributed by atoms with van der Waals surface area (Å²) in [6.45, 7) is 8.96. The van der Waals surface area contributed by atoms with Crippen LogP contribution in [0.3, 0.4) is 0 Å². The molecule has 1 unspecified atom stereocenters. The molecule has 4 aromatic rings. The van der Waals surface area contributed by atoms with Crippen LogP contribution in [0.5, 0.6) is 0 Å². The fourth-order valence-electron chi connectivity index (χ4n) is 3.87. The van der Waals surface area contributed by atoms with Gasteiger partial charge < -0.3 is 9.73 Å². The lowest BCUT2D eigenvalue weighted by Gasteiger charge is -2.28. The van der Waals surface area contributed by atoms with E-state index in [0.717, 1.165) is 35.6 Å². The molecular formula is C23H27N5O2S. The molecule has 0 saturated heterocycles. The van der Waals surface area contributed by atoms with Crippen LogP contribution in [0.1, 0.15) is 46.6 Å². The molecule has 0 aliphatic heterocycles. The molecular weight excluding hydrogens is 410 g/mol. The highest BCUT2D eigenvalue weighted by molar-refractivity contribution is 7.09. The summed E-state index contributed by atoms with van der Waals surface area (Å²) in [4.78, 5) is 21.3. The maximum atomic E-state index is 13.2. The summed E-state index contributed by atoms with van der Waals surface area (Å²) in [7, 11) is 0. The molecule has 0 fully saturated rings. The standard InChI is InChI=1S/C23H27N5O2S/c1-4-27(5-2)20(21-9-6-10-30-21)14-24-23(29)18-12-16(3)26-22-19(18)13-25-28(22)15-17-8-7-11-31-17/h6-13,20H,4-5,14-15H2,1-3H3,(H,24,29). The lowest BCUT2D eigenvalue weighted by Crippen LogP contribution is -2.38. The largest absolute Gasteiger partial charge is 0.468 e. The number of nitrogens with zero attached hydrogens (tertiary/aromatic N) is 4. The summed E-state index contributed by atoms with van der Waals surface area (Å²) in [5.74, 6) is 0.721. The summed E-state index contributed by atoms with van der Waals surface area (Å²) in [6.07, 6.45) is 3.41. The Morgan fingerprint density at radius 1 is 1.29 bits per heavy atom. The molecule has 0 aliphatic carbocycles. The molecule has 7 nitrogen and oxygen atoms in total. The summed E-state index contributed by atoms with van der Waals surface area (Å²) < 4.78 is 7.50. The van der Waals surface area contributed by atoms with E-state index >= 15 is 0 Å². The maximum absolute atomic E-state index is 13.2. The average Bonchev–Trinajstić information content (AvgIpc) is 3.54. The van der Waals surface area contributed by atoms with Gasteiger partial charge in [0.1, 0.15) is 5.76 Å². The van der Waals surface area contributed by atoms with Crippen LogP contribution in [0.2, 0.25) is 0 Å². The molecule has 0 aliphatic rings. The second kappa shape index (κ2) is 9.45. The van der Waals surface area contributed by atoms with Gasteiger partial charge in [0.25, 0.3) is 5.91 Å². The monoisotopic (exact) mass is 437 g/mol. The number of furan rings is 1. The van der Waals surface area contributed by atoms with Gasteiger partial charge in [-0.1, -0.05) is 19.9 Å². The van der Waals surface area contributed by atoms with E-state index in [1.807, 2.05) is 41.3 Å². The van der Waals surface area contributed by atoms with Gasteiger partial charge in [0.15, 0.2) is 5.65 Å². The molecule has 162 valence electrons. The molecule has 0 radical (unpaired) electrons. The normalized spacial score (nSPS) is 12.5. The number of hydrogen-bond donors (Lipinski definition) is 1. The van der Waals surface area contributed by atoms with Crippen LogP contribution in [-0.2, 0) is 6.54 Å². The SMILES string of the molecule is CCN(CC)C(CNC(=O)c1cc(C)nc2c1cnn2Cc1cccs1)c1ccco1. The molecule has 31 heavy (non-hydrogen) atoms. The highest BCUT2D eigenvalue weighted by Gasteiger charge is 2.23. The quantitative estimate of drug-likeness (QED) is 0.423. The first-order valence-corrected chi connectivity index (χ1v) is 11.4. The fourth-order valence-corrected chi connectivity index (χ4v) is 4.55. The molecule has 4 heterocycles. The minimum absolute atomic E-state index is 0.0195. The molecule has 1 amide bonds. The number of fused-ring (bicyclic) bond motifs is 1. The van der Waals surface area contributed by atoms with Crippen molar-refractivity contribution in [2.45, 2.75) is 33.4 Å². The molecule has 0 spiro atoms. The van der Waals surface area contributed by atoms with E-state index in [9.17, 15) is 4.79 Å². The van der Waals surface area contributed by atoms with Crippen LogP contribution in [0.4, 0.5) is 0 Å². The lowest BCUT2D eigenvalue weighted by atomic mass is 10.1. The van der Waals surface area contributed by atoms with Crippen molar-refractivity contribution in [1.82, 2.24) is 25.0 Å². The molecule has 0 aromatic carbocycles. The highest BCUT2D eigenvalue weighted by Crippen LogP contribution is 2.23. The molecule has 1 N–H and O–H groups in total. The second-order valence-electron chi connectivity index (χ2n) is 7.39. The van der Waals surface area contributed by atoms with Crippen molar-refractivity contribution in [3.05, 3.63) is 70.1 Å². The number of aromatic nitrogens is 3. The number of amides is 1. The van der Waals surface area contributed by atoms with Gasteiger partial charge in [-0.2, -0.15) is 5.10 Å². The van der Waals surface area contributed by atoms with Crippen LogP contribution in [0.25, 0.3) is 11.0 Å².